The van der Waals surface area contributed by atoms with Crippen LogP contribution in [0.2, 0.25) is 0 Å². The molecule has 0 aliphatic carbocycles. The van der Waals surface area contributed by atoms with Crippen molar-refractivity contribution in [1.82, 2.24) is 4.37 Å². The lowest BCUT2D eigenvalue weighted by molar-refractivity contribution is 0.245. The lowest BCUT2D eigenvalue weighted by atomic mass is 10.2. The van der Waals surface area contributed by atoms with Gasteiger partial charge in [-0.3, -0.25) is 0 Å². The maximum atomic E-state index is 5.80. The summed E-state index contributed by atoms with van der Waals surface area (Å²) in [6.07, 6.45) is 2.75. The first kappa shape index (κ1) is 12.8. The zero-order valence-corrected chi connectivity index (χ0v) is 11.9. The van der Waals surface area contributed by atoms with Crippen molar-refractivity contribution in [2.45, 2.75) is 38.0 Å². The second kappa shape index (κ2) is 5.82. The average Bonchev–Trinajstić information content (AvgIpc) is 2.88. The number of nitrogens with one attached hydrogen (secondary N) is 1. The molecule has 2 heterocycles. The number of nitrogen functional groups attached to an aromatic ring is 1. The van der Waals surface area contributed by atoms with Crippen molar-refractivity contribution in [3.05, 3.63) is 0 Å². The summed E-state index contributed by atoms with van der Waals surface area (Å²) < 4.78 is 9.82. The van der Waals surface area contributed by atoms with E-state index in [1.807, 2.05) is 25.6 Å². The van der Waals surface area contributed by atoms with Gasteiger partial charge in [-0.2, -0.15) is 16.1 Å². The molecule has 0 radical (unpaired) electrons. The van der Waals surface area contributed by atoms with Crippen LogP contribution in [0.15, 0.2) is 0 Å². The topological polar surface area (TPSA) is 60.2 Å². The van der Waals surface area contributed by atoms with Crippen molar-refractivity contribution in [3.63, 3.8) is 0 Å². The van der Waals surface area contributed by atoms with Crippen LogP contribution in [0.4, 0.5) is 10.8 Å². The number of thioether (sulfide) groups is 1. The van der Waals surface area contributed by atoms with Gasteiger partial charge in [0.15, 0.2) is 16.6 Å². The Morgan fingerprint density at radius 2 is 2.41 bits per heavy atom. The lowest BCUT2D eigenvalue weighted by Crippen LogP contribution is -2.14. The van der Waals surface area contributed by atoms with Gasteiger partial charge in [-0.15, -0.1) is 0 Å². The number of anilines is 2. The normalized spacial score (nSPS) is 19.8. The molecule has 1 fully saturated rings. The van der Waals surface area contributed by atoms with Crippen LogP contribution in [0, 0.1) is 0 Å². The van der Waals surface area contributed by atoms with E-state index in [0.29, 0.717) is 16.8 Å². The second-order valence-corrected chi connectivity index (χ2v) is 6.59. The van der Waals surface area contributed by atoms with Gasteiger partial charge >= 0.3 is 0 Å². The first-order chi connectivity index (χ1) is 8.16. The first-order valence-electron chi connectivity index (χ1n) is 5.94. The van der Waals surface area contributed by atoms with E-state index in [0.717, 1.165) is 11.5 Å². The van der Waals surface area contributed by atoms with Crippen LogP contribution in [0.3, 0.4) is 0 Å². The van der Waals surface area contributed by atoms with E-state index in [2.05, 4.69) is 9.69 Å². The number of ether oxygens (including phenoxy) is 1. The minimum absolute atomic E-state index is 0.120. The SMILES string of the molecule is CC(C)Oc1c(N)nsc1NCC1CCCS1. The van der Waals surface area contributed by atoms with Gasteiger partial charge in [0.2, 0.25) is 0 Å². The predicted octanol–water partition coefficient (Wildman–Crippen LogP) is 2.82. The summed E-state index contributed by atoms with van der Waals surface area (Å²) >= 11 is 3.42. The molecule has 17 heavy (non-hydrogen) atoms. The summed E-state index contributed by atoms with van der Waals surface area (Å²) in [7, 11) is 0. The van der Waals surface area contributed by atoms with E-state index in [4.69, 9.17) is 10.5 Å². The standard InChI is InChI=1S/C11H19N3OS2/c1-7(2)15-9-10(12)14-17-11(9)13-6-8-4-3-5-16-8/h7-8,13H,3-6H2,1-2H3,(H2,12,14). The van der Waals surface area contributed by atoms with Gasteiger partial charge in [0.05, 0.1) is 6.10 Å². The monoisotopic (exact) mass is 273 g/mol. The third-order valence-corrected chi connectivity index (χ3v) is 4.74. The molecule has 1 aliphatic rings. The van der Waals surface area contributed by atoms with E-state index in [-0.39, 0.29) is 6.10 Å². The number of hydrogen-bond donors (Lipinski definition) is 2. The van der Waals surface area contributed by atoms with Gasteiger partial charge in [0.1, 0.15) is 0 Å². The van der Waals surface area contributed by atoms with Gasteiger partial charge in [-0.1, -0.05) is 0 Å². The minimum Gasteiger partial charge on any atom is -0.484 e. The van der Waals surface area contributed by atoms with Crippen molar-refractivity contribution >= 4 is 34.1 Å². The first-order valence-corrected chi connectivity index (χ1v) is 7.76. The van der Waals surface area contributed by atoms with Crippen LogP contribution in [-0.4, -0.2) is 28.0 Å². The maximum absolute atomic E-state index is 5.80. The molecule has 4 nitrogen and oxygen atoms in total. The molecule has 96 valence electrons. The third kappa shape index (κ3) is 3.42. The minimum atomic E-state index is 0.120. The third-order valence-electron chi connectivity index (χ3n) is 2.54. The van der Waals surface area contributed by atoms with E-state index in [1.54, 1.807) is 0 Å². The molecule has 0 aromatic carbocycles. The Kier molecular flexibility index (Phi) is 4.39. The molecule has 0 spiro atoms. The molecule has 3 N–H and O–H groups in total. The van der Waals surface area contributed by atoms with Crippen LogP contribution in [-0.2, 0) is 0 Å². The Bertz CT molecular complexity index is 362. The van der Waals surface area contributed by atoms with Crippen LogP contribution in [0.1, 0.15) is 26.7 Å². The summed E-state index contributed by atoms with van der Waals surface area (Å²) in [6.45, 7) is 4.96. The summed E-state index contributed by atoms with van der Waals surface area (Å²) in [5.41, 5.74) is 5.80. The number of nitrogens with two attached hydrogens (primary N) is 1. The van der Waals surface area contributed by atoms with Crippen molar-refractivity contribution in [2.24, 2.45) is 0 Å². The van der Waals surface area contributed by atoms with E-state index in [1.165, 1.54) is 30.1 Å². The largest absolute Gasteiger partial charge is 0.484 e. The molecule has 1 unspecified atom stereocenters. The smallest absolute Gasteiger partial charge is 0.197 e. The van der Waals surface area contributed by atoms with Gasteiger partial charge in [0, 0.05) is 11.8 Å². The highest BCUT2D eigenvalue weighted by molar-refractivity contribution is 8.00. The van der Waals surface area contributed by atoms with Crippen molar-refractivity contribution in [2.75, 3.05) is 23.3 Å². The van der Waals surface area contributed by atoms with Crippen molar-refractivity contribution in [1.29, 1.82) is 0 Å². The molecule has 0 bridgehead atoms. The van der Waals surface area contributed by atoms with Crippen molar-refractivity contribution < 1.29 is 4.74 Å². The highest BCUT2D eigenvalue weighted by atomic mass is 32.2. The molecule has 2 rings (SSSR count). The molecule has 1 aliphatic heterocycles. The summed E-state index contributed by atoms with van der Waals surface area (Å²) in [5, 5.41) is 5.09. The number of rotatable bonds is 5. The van der Waals surface area contributed by atoms with Gasteiger partial charge in [-0.25, -0.2) is 0 Å². The Hall–Kier alpha value is -0.620. The zero-order chi connectivity index (χ0) is 12.3. The molecule has 1 aromatic rings. The fourth-order valence-electron chi connectivity index (χ4n) is 1.77. The highest BCUT2D eigenvalue weighted by Crippen LogP contribution is 2.36. The Morgan fingerprint density at radius 3 is 3.06 bits per heavy atom. The fourth-order valence-corrected chi connectivity index (χ4v) is 3.63. The number of hydrogen-bond acceptors (Lipinski definition) is 6. The molecule has 0 saturated carbocycles. The summed E-state index contributed by atoms with van der Waals surface area (Å²) in [4.78, 5) is 0. The highest BCUT2D eigenvalue weighted by Gasteiger charge is 2.18. The molecule has 6 heteroatoms. The quantitative estimate of drug-likeness (QED) is 0.864. The van der Waals surface area contributed by atoms with E-state index >= 15 is 0 Å². The van der Waals surface area contributed by atoms with Crippen molar-refractivity contribution in [3.8, 4) is 5.75 Å². The fraction of sp³-hybridized carbons (Fsp3) is 0.727. The molecule has 1 saturated heterocycles. The maximum Gasteiger partial charge on any atom is 0.197 e. The van der Waals surface area contributed by atoms with Gasteiger partial charge in [0.25, 0.3) is 0 Å². The molecular formula is C11H19N3OS2. The molecular weight excluding hydrogens is 254 g/mol. The van der Waals surface area contributed by atoms with E-state index in [9.17, 15) is 0 Å². The van der Waals surface area contributed by atoms with Crippen LogP contribution < -0.4 is 15.8 Å². The Morgan fingerprint density at radius 1 is 1.59 bits per heavy atom. The molecule has 1 aromatic heterocycles. The average molecular weight is 273 g/mol. The number of aromatic nitrogens is 1. The number of nitrogens with zero attached hydrogens (tertiary/aromatic N) is 1. The summed E-state index contributed by atoms with van der Waals surface area (Å²) in [5.74, 6) is 2.49. The zero-order valence-electron chi connectivity index (χ0n) is 10.2. The lowest BCUT2D eigenvalue weighted by Gasteiger charge is -2.13. The Labute approximate surface area is 110 Å². The second-order valence-electron chi connectivity index (χ2n) is 4.41. The summed E-state index contributed by atoms with van der Waals surface area (Å²) in [6, 6.07) is 0. The Balaban J connectivity index is 1.94. The molecule has 0 amide bonds. The van der Waals surface area contributed by atoms with Crippen LogP contribution in [0.5, 0.6) is 5.75 Å². The van der Waals surface area contributed by atoms with E-state index < -0.39 is 0 Å². The van der Waals surface area contributed by atoms with Gasteiger partial charge in [-0.05, 0) is 44.0 Å². The van der Waals surface area contributed by atoms with Gasteiger partial charge < -0.3 is 15.8 Å². The predicted molar refractivity (Wildman–Crippen MR) is 76.3 cm³/mol. The molecule has 1 atom stereocenters. The van der Waals surface area contributed by atoms with Crippen LogP contribution in [0.25, 0.3) is 0 Å². The van der Waals surface area contributed by atoms with Crippen LogP contribution >= 0.6 is 23.3 Å².